The molecule has 0 fully saturated rings. The first-order chi connectivity index (χ1) is 12.1. The number of carbonyl (C=O) groups excluding carboxylic acids is 1. The van der Waals surface area contributed by atoms with E-state index in [1.54, 1.807) is 19.0 Å². The quantitative estimate of drug-likeness (QED) is 0.774. The van der Waals surface area contributed by atoms with Crippen LogP contribution in [0.5, 0.6) is 0 Å². The maximum absolute atomic E-state index is 12.6. The third-order valence-corrected chi connectivity index (χ3v) is 3.98. The number of aromatic nitrogens is 1. The van der Waals surface area contributed by atoms with E-state index < -0.39 is 0 Å². The molecule has 25 heavy (non-hydrogen) atoms. The lowest BCUT2D eigenvalue weighted by atomic mass is 10.1. The average molecular weight is 331 g/mol. The fraction of sp³-hybridized carbons (Fsp3) is 0.143. The molecule has 0 saturated carbocycles. The van der Waals surface area contributed by atoms with Crippen LogP contribution in [0.1, 0.15) is 21.6 Å². The first kappa shape index (κ1) is 16.7. The zero-order valence-corrected chi connectivity index (χ0v) is 14.7. The molecule has 4 nitrogen and oxygen atoms in total. The van der Waals surface area contributed by atoms with Crippen LogP contribution < -0.4 is 5.32 Å². The summed E-state index contributed by atoms with van der Waals surface area (Å²) in [5, 5.41) is 4.18. The SMILES string of the molecule is Cc1cccc2cc(C(=O)N(C)C)c(C=CNc3ccccc3)nc12. The van der Waals surface area contributed by atoms with Gasteiger partial charge in [-0.05, 0) is 36.8 Å². The van der Waals surface area contributed by atoms with E-state index in [4.69, 9.17) is 4.98 Å². The zero-order chi connectivity index (χ0) is 17.8. The van der Waals surface area contributed by atoms with Crippen LogP contribution in [-0.2, 0) is 0 Å². The minimum absolute atomic E-state index is 0.0599. The van der Waals surface area contributed by atoms with Crippen LogP contribution in [0.2, 0.25) is 0 Å². The lowest BCUT2D eigenvalue weighted by Crippen LogP contribution is -2.23. The standard InChI is InChI=1S/C21H21N3O/c1-15-8-7-9-16-14-18(21(25)24(2)3)19(23-20(15)16)12-13-22-17-10-5-4-6-11-17/h4-14,22H,1-3H3. The lowest BCUT2D eigenvalue weighted by molar-refractivity contribution is 0.0827. The summed E-state index contributed by atoms with van der Waals surface area (Å²) in [6, 6.07) is 17.8. The van der Waals surface area contributed by atoms with Crippen LogP contribution in [-0.4, -0.2) is 29.9 Å². The predicted octanol–water partition coefficient (Wildman–Crippen LogP) is 4.33. The Hall–Kier alpha value is -3.14. The van der Waals surface area contributed by atoms with Crippen LogP contribution in [0.4, 0.5) is 5.69 Å². The van der Waals surface area contributed by atoms with Crippen LogP contribution in [0, 0.1) is 6.92 Å². The van der Waals surface area contributed by atoms with Crippen LogP contribution in [0.3, 0.4) is 0 Å². The van der Waals surface area contributed by atoms with Gasteiger partial charge in [-0.15, -0.1) is 0 Å². The Balaban J connectivity index is 2.03. The minimum Gasteiger partial charge on any atom is -0.362 e. The van der Waals surface area contributed by atoms with Gasteiger partial charge < -0.3 is 10.2 Å². The number of amides is 1. The molecule has 0 bridgehead atoms. The molecular formula is C21H21N3O. The Morgan fingerprint density at radius 3 is 2.56 bits per heavy atom. The van der Waals surface area contributed by atoms with Gasteiger partial charge in [0.1, 0.15) is 0 Å². The molecule has 0 unspecified atom stereocenters. The summed E-state index contributed by atoms with van der Waals surface area (Å²) in [6.07, 6.45) is 3.66. The number of aryl methyl sites for hydroxylation is 1. The van der Waals surface area contributed by atoms with Crippen molar-refractivity contribution >= 4 is 28.6 Å². The molecular weight excluding hydrogens is 310 g/mol. The molecule has 1 heterocycles. The number of anilines is 1. The molecule has 0 saturated heterocycles. The number of para-hydroxylation sites is 2. The number of carbonyl (C=O) groups is 1. The van der Waals surface area contributed by atoms with Gasteiger partial charge in [-0.1, -0.05) is 36.4 Å². The van der Waals surface area contributed by atoms with Crippen molar-refractivity contribution in [1.82, 2.24) is 9.88 Å². The minimum atomic E-state index is -0.0599. The number of hydrogen-bond donors (Lipinski definition) is 1. The van der Waals surface area contributed by atoms with E-state index in [1.165, 1.54) is 0 Å². The number of benzene rings is 2. The molecule has 3 aromatic rings. The van der Waals surface area contributed by atoms with E-state index in [0.29, 0.717) is 11.3 Å². The van der Waals surface area contributed by atoms with Gasteiger partial charge in [-0.3, -0.25) is 4.79 Å². The Morgan fingerprint density at radius 1 is 1.08 bits per heavy atom. The summed E-state index contributed by atoms with van der Waals surface area (Å²) >= 11 is 0. The summed E-state index contributed by atoms with van der Waals surface area (Å²) < 4.78 is 0. The maximum Gasteiger partial charge on any atom is 0.255 e. The van der Waals surface area contributed by atoms with Crippen molar-refractivity contribution in [3.05, 3.63) is 77.6 Å². The highest BCUT2D eigenvalue weighted by Gasteiger charge is 2.15. The Labute approximate surface area is 147 Å². The molecule has 126 valence electrons. The highest BCUT2D eigenvalue weighted by Crippen LogP contribution is 2.22. The molecule has 0 aliphatic heterocycles. The first-order valence-corrected chi connectivity index (χ1v) is 8.16. The highest BCUT2D eigenvalue weighted by atomic mass is 16.2. The second-order valence-corrected chi connectivity index (χ2v) is 6.11. The molecule has 0 aliphatic carbocycles. The molecule has 1 aromatic heterocycles. The van der Waals surface area contributed by atoms with Gasteiger partial charge in [0.25, 0.3) is 5.91 Å². The molecule has 0 radical (unpaired) electrons. The van der Waals surface area contributed by atoms with Gasteiger partial charge in [-0.2, -0.15) is 0 Å². The molecule has 2 aromatic carbocycles. The highest BCUT2D eigenvalue weighted by molar-refractivity contribution is 6.00. The second-order valence-electron chi connectivity index (χ2n) is 6.11. The lowest BCUT2D eigenvalue weighted by Gasteiger charge is -2.14. The molecule has 4 heteroatoms. The van der Waals surface area contributed by atoms with Crippen molar-refractivity contribution in [2.75, 3.05) is 19.4 Å². The molecule has 1 N–H and O–H groups in total. The second kappa shape index (κ2) is 7.18. The van der Waals surface area contributed by atoms with E-state index in [2.05, 4.69) is 5.32 Å². The Morgan fingerprint density at radius 2 is 1.84 bits per heavy atom. The summed E-state index contributed by atoms with van der Waals surface area (Å²) in [5.74, 6) is -0.0599. The summed E-state index contributed by atoms with van der Waals surface area (Å²) in [4.78, 5) is 18.9. The van der Waals surface area contributed by atoms with Crippen molar-refractivity contribution in [2.45, 2.75) is 6.92 Å². The summed E-state index contributed by atoms with van der Waals surface area (Å²) in [7, 11) is 3.50. The average Bonchev–Trinajstić information content (AvgIpc) is 2.62. The number of fused-ring (bicyclic) bond motifs is 1. The molecule has 0 atom stereocenters. The van der Waals surface area contributed by atoms with Gasteiger partial charge >= 0.3 is 0 Å². The van der Waals surface area contributed by atoms with Crippen LogP contribution in [0.25, 0.3) is 17.0 Å². The predicted molar refractivity (Wildman–Crippen MR) is 104 cm³/mol. The van der Waals surface area contributed by atoms with Gasteiger partial charge in [0.05, 0.1) is 16.8 Å². The topological polar surface area (TPSA) is 45.2 Å². The fourth-order valence-electron chi connectivity index (χ4n) is 2.65. The third kappa shape index (κ3) is 3.69. The number of hydrogen-bond acceptors (Lipinski definition) is 3. The Kier molecular flexibility index (Phi) is 4.80. The molecule has 0 spiro atoms. The smallest absolute Gasteiger partial charge is 0.255 e. The van der Waals surface area contributed by atoms with Gasteiger partial charge in [-0.25, -0.2) is 4.98 Å². The normalized spacial score (nSPS) is 11.0. The van der Waals surface area contributed by atoms with Gasteiger partial charge in [0.2, 0.25) is 0 Å². The van der Waals surface area contributed by atoms with Gasteiger partial charge in [0.15, 0.2) is 0 Å². The number of rotatable bonds is 4. The van der Waals surface area contributed by atoms with E-state index in [1.807, 2.05) is 73.8 Å². The first-order valence-electron chi connectivity index (χ1n) is 8.16. The largest absolute Gasteiger partial charge is 0.362 e. The van der Waals surface area contributed by atoms with E-state index in [-0.39, 0.29) is 5.91 Å². The van der Waals surface area contributed by atoms with Crippen molar-refractivity contribution in [2.24, 2.45) is 0 Å². The van der Waals surface area contributed by atoms with E-state index in [0.717, 1.165) is 22.2 Å². The maximum atomic E-state index is 12.6. The number of nitrogens with zero attached hydrogens (tertiary/aromatic N) is 2. The molecule has 1 amide bonds. The Bertz CT molecular complexity index is 931. The summed E-state index contributed by atoms with van der Waals surface area (Å²) in [5.41, 5.74) is 4.23. The summed E-state index contributed by atoms with van der Waals surface area (Å²) in [6.45, 7) is 2.03. The van der Waals surface area contributed by atoms with Crippen molar-refractivity contribution < 1.29 is 4.79 Å². The third-order valence-electron chi connectivity index (χ3n) is 3.98. The molecule has 3 rings (SSSR count). The van der Waals surface area contributed by atoms with Crippen molar-refractivity contribution in [3.63, 3.8) is 0 Å². The van der Waals surface area contributed by atoms with E-state index >= 15 is 0 Å². The van der Waals surface area contributed by atoms with Gasteiger partial charge in [0, 0.05) is 31.4 Å². The fourth-order valence-corrected chi connectivity index (χ4v) is 2.65. The number of nitrogens with one attached hydrogen (secondary N) is 1. The van der Waals surface area contributed by atoms with Crippen molar-refractivity contribution in [3.8, 4) is 0 Å². The van der Waals surface area contributed by atoms with E-state index in [9.17, 15) is 4.79 Å². The van der Waals surface area contributed by atoms with Crippen LogP contribution in [0.15, 0.2) is 60.8 Å². The molecule has 0 aliphatic rings. The monoisotopic (exact) mass is 331 g/mol. The van der Waals surface area contributed by atoms with Crippen LogP contribution >= 0.6 is 0 Å². The zero-order valence-electron chi connectivity index (χ0n) is 14.7. The number of pyridine rings is 1. The van der Waals surface area contributed by atoms with Crippen molar-refractivity contribution in [1.29, 1.82) is 0 Å².